The topological polar surface area (TPSA) is 35.0 Å². The van der Waals surface area contributed by atoms with Crippen molar-refractivity contribution in [3.63, 3.8) is 0 Å². The lowest BCUT2D eigenvalue weighted by atomic mass is 10.2. The van der Waals surface area contributed by atoms with Gasteiger partial charge in [0.2, 0.25) is 0 Å². The normalized spacial score (nSPS) is 10.4. The zero-order valence-corrected chi connectivity index (χ0v) is 10.8. The molecule has 0 saturated heterocycles. The SMILES string of the molecule is CCOc1ccccc1-c1nc(C)c(F)c(Cl)n1. The molecule has 5 heteroatoms. The van der Waals surface area contributed by atoms with E-state index in [1.165, 1.54) is 0 Å². The first-order valence-electron chi connectivity index (χ1n) is 5.55. The standard InChI is InChI=1S/C13H12ClFN2O/c1-3-18-10-7-5-4-6-9(10)13-16-8(2)11(15)12(14)17-13/h4-7H,3H2,1-2H3. The van der Waals surface area contributed by atoms with Gasteiger partial charge in [-0.1, -0.05) is 23.7 Å². The van der Waals surface area contributed by atoms with Crippen LogP contribution < -0.4 is 4.74 Å². The van der Waals surface area contributed by atoms with Gasteiger partial charge in [0.15, 0.2) is 16.8 Å². The first-order valence-corrected chi connectivity index (χ1v) is 5.93. The Morgan fingerprint density at radius 3 is 2.67 bits per heavy atom. The molecule has 0 atom stereocenters. The maximum atomic E-state index is 13.4. The Balaban J connectivity index is 2.55. The Labute approximate surface area is 110 Å². The van der Waals surface area contributed by atoms with Crippen molar-refractivity contribution in [2.45, 2.75) is 13.8 Å². The molecule has 0 fully saturated rings. The second-order valence-electron chi connectivity index (χ2n) is 3.67. The fourth-order valence-electron chi connectivity index (χ4n) is 1.58. The lowest BCUT2D eigenvalue weighted by molar-refractivity contribution is 0.341. The number of aromatic nitrogens is 2. The van der Waals surface area contributed by atoms with E-state index >= 15 is 0 Å². The summed E-state index contributed by atoms with van der Waals surface area (Å²) < 4.78 is 18.9. The number of nitrogens with zero attached hydrogens (tertiary/aromatic N) is 2. The molecular weight excluding hydrogens is 255 g/mol. The van der Waals surface area contributed by atoms with Gasteiger partial charge in [-0.05, 0) is 26.0 Å². The van der Waals surface area contributed by atoms with Crippen molar-refractivity contribution >= 4 is 11.6 Å². The van der Waals surface area contributed by atoms with Crippen LogP contribution in [-0.4, -0.2) is 16.6 Å². The fraction of sp³-hybridized carbons (Fsp3) is 0.231. The molecule has 3 nitrogen and oxygen atoms in total. The van der Waals surface area contributed by atoms with Crippen LogP contribution in [0.15, 0.2) is 24.3 Å². The molecule has 0 saturated carbocycles. The third-order valence-corrected chi connectivity index (χ3v) is 2.65. The molecule has 18 heavy (non-hydrogen) atoms. The summed E-state index contributed by atoms with van der Waals surface area (Å²) in [6.45, 7) is 3.97. The van der Waals surface area contributed by atoms with Crippen molar-refractivity contribution < 1.29 is 9.13 Å². The predicted octanol–water partition coefficient (Wildman–Crippen LogP) is 3.64. The van der Waals surface area contributed by atoms with Gasteiger partial charge in [-0.15, -0.1) is 0 Å². The van der Waals surface area contributed by atoms with Gasteiger partial charge in [-0.3, -0.25) is 0 Å². The molecule has 1 aromatic carbocycles. The summed E-state index contributed by atoms with van der Waals surface area (Å²) in [5.41, 5.74) is 0.917. The van der Waals surface area contributed by atoms with Gasteiger partial charge >= 0.3 is 0 Å². The quantitative estimate of drug-likeness (QED) is 0.796. The van der Waals surface area contributed by atoms with Crippen LogP contribution in [-0.2, 0) is 0 Å². The Kier molecular flexibility index (Phi) is 3.77. The van der Waals surface area contributed by atoms with Crippen molar-refractivity contribution in [2.75, 3.05) is 6.61 Å². The van der Waals surface area contributed by atoms with Crippen molar-refractivity contribution in [1.29, 1.82) is 0 Å². The summed E-state index contributed by atoms with van der Waals surface area (Å²) in [6.07, 6.45) is 0. The van der Waals surface area contributed by atoms with Crippen LogP contribution in [0.3, 0.4) is 0 Å². The monoisotopic (exact) mass is 266 g/mol. The lowest BCUT2D eigenvalue weighted by Crippen LogP contribution is -2.00. The highest BCUT2D eigenvalue weighted by Gasteiger charge is 2.13. The van der Waals surface area contributed by atoms with Crippen LogP contribution in [0, 0.1) is 12.7 Å². The second kappa shape index (κ2) is 5.31. The largest absolute Gasteiger partial charge is 0.493 e. The molecular formula is C13H12ClFN2O. The fourth-order valence-corrected chi connectivity index (χ4v) is 1.79. The van der Waals surface area contributed by atoms with E-state index in [2.05, 4.69) is 9.97 Å². The molecule has 2 rings (SSSR count). The van der Waals surface area contributed by atoms with Gasteiger partial charge in [0.1, 0.15) is 5.75 Å². The number of hydrogen-bond acceptors (Lipinski definition) is 3. The highest BCUT2D eigenvalue weighted by Crippen LogP contribution is 2.29. The zero-order chi connectivity index (χ0) is 13.1. The Hall–Kier alpha value is -1.68. The van der Waals surface area contributed by atoms with E-state index in [0.29, 0.717) is 23.7 Å². The maximum absolute atomic E-state index is 13.4. The van der Waals surface area contributed by atoms with Crippen molar-refractivity contribution in [3.8, 4) is 17.1 Å². The number of rotatable bonds is 3. The number of halogens is 2. The average molecular weight is 267 g/mol. The number of hydrogen-bond donors (Lipinski definition) is 0. The first kappa shape index (κ1) is 12.8. The molecule has 0 bridgehead atoms. The third-order valence-electron chi connectivity index (χ3n) is 2.40. The van der Waals surface area contributed by atoms with E-state index in [0.717, 1.165) is 0 Å². The molecule has 0 amide bonds. The van der Waals surface area contributed by atoms with Crippen molar-refractivity contribution in [1.82, 2.24) is 9.97 Å². The molecule has 1 aromatic heterocycles. The molecule has 0 aliphatic carbocycles. The van der Waals surface area contributed by atoms with E-state index in [4.69, 9.17) is 16.3 Å². The minimum absolute atomic E-state index is 0.177. The maximum Gasteiger partial charge on any atom is 0.181 e. The summed E-state index contributed by atoms with van der Waals surface area (Å²) in [6, 6.07) is 7.32. The molecule has 0 unspecified atom stereocenters. The molecule has 0 aliphatic rings. The predicted molar refractivity (Wildman–Crippen MR) is 68.3 cm³/mol. The van der Waals surface area contributed by atoms with Crippen LogP contribution in [0.4, 0.5) is 4.39 Å². The summed E-state index contributed by atoms with van der Waals surface area (Å²) in [7, 11) is 0. The summed E-state index contributed by atoms with van der Waals surface area (Å²) >= 11 is 5.73. The highest BCUT2D eigenvalue weighted by atomic mass is 35.5. The summed E-state index contributed by atoms with van der Waals surface area (Å²) in [5.74, 6) is 0.430. The van der Waals surface area contributed by atoms with Crippen molar-refractivity contribution in [3.05, 3.63) is 40.9 Å². The Morgan fingerprint density at radius 2 is 2.00 bits per heavy atom. The molecule has 0 N–H and O–H groups in total. The van der Waals surface area contributed by atoms with Crippen LogP contribution >= 0.6 is 11.6 Å². The number of ether oxygens (including phenoxy) is 1. The minimum atomic E-state index is -0.589. The van der Waals surface area contributed by atoms with Gasteiger partial charge < -0.3 is 4.74 Å². The van der Waals surface area contributed by atoms with Gasteiger partial charge in [-0.25, -0.2) is 14.4 Å². The van der Waals surface area contributed by atoms with Crippen LogP contribution in [0.25, 0.3) is 11.4 Å². The summed E-state index contributed by atoms with van der Waals surface area (Å²) in [4.78, 5) is 8.04. The van der Waals surface area contributed by atoms with E-state index < -0.39 is 5.82 Å². The van der Waals surface area contributed by atoms with E-state index in [-0.39, 0.29) is 10.8 Å². The number of aryl methyl sites for hydroxylation is 1. The van der Waals surface area contributed by atoms with Crippen LogP contribution in [0.2, 0.25) is 5.15 Å². The van der Waals surface area contributed by atoms with Crippen LogP contribution in [0.5, 0.6) is 5.75 Å². The van der Waals surface area contributed by atoms with Crippen LogP contribution in [0.1, 0.15) is 12.6 Å². The van der Waals surface area contributed by atoms with Gasteiger partial charge in [0.25, 0.3) is 0 Å². The Morgan fingerprint density at radius 1 is 1.28 bits per heavy atom. The molecule has 2 aromatic rings. The lowest BCUT2D eigenvalue weighted by Gasteiger charge is -2.09. The average Bonchev–Trinajstić information content (AvgIpc) is 2.36. The van der Waals surface area contributed by atoms with E-state index in [1.54, 1.807) is 6.92 Å². The highest BCUT2D eigenvalue weighted by molar-refractivity contribution is 6.29. The summed E-state index contributed by atoms with van der Waals surface area (Å²) in [5, 5.41) is -0.177. The second-order valence-corrected chi connectivity index (χ2v) is 4.02. The molecule has 0 aliphatic heterocycles. The molecule has 0 spiro atoms. The first-order chi connectivity index (χ1) is 8.63. The number of para-hydroxylation sites is 1. The van der Waals surface area contributed by atoms with Gasteiger partial charge in [-0.2, -0.15) is 0 Å². The molecule has 1 heterocycles. The smallest absolute Gasteiger partial charge is 0.181 e. The van der Waals surface area contributed by atoms with Gasteiger partial charge in [0.05, 0.1) is 17.9 Å². The molecule has 94 valence electrons. The van der Waals surface area contributed by atoms with E-state index in [9.17, 15) is 4.39 Å². The Bertz CT molecular complexity index is 552. The van der Waals surface area contributed by atoms with E-state index in [1.807, 2.05) is 31.2 Å². The van der Waals surface area contributed by atoms with Gasteiger partial charge in [0, 0.05) is 0 Å². The third kappa shape index (κ3) is 2.43. The van der Waals surface area contributed by atoms with Crippen molar-refractivity contribution in [2.24, 2.45) is 0 Å². The minimum Gasteiger partial charge on any atom is -0.493 e. The molecule has 0 radical (unpaired) electrons. The number of benzene rings is 1. The zero-order valence-electron chi connectivity index (χ0n) is 10.1.